The standard InChI is InChI=1S/C41H80O12S/c1-3-5-7-9-11-13-15-17-19-21-23-25-27-29-31-49-33-35(34-50-41-39(45)40(53-54(46,47)48)38(44)36(32-42)52-41)51-37(43)30-28-26-24-22-20-18-16-14-12-10-8-6-4-2/h35-36,38-42,44-45H,3-34H2,1-2H3,(H,46,47,48)/p-1/t35-,36-,38+,39-,40+,41-/m1/s1. The van der Waals surface area contributed by atoms with Crippen molar-refractivity contribution in [3.63, 3.8) is 0 Å². The predicted octanol–water partition coefficient (Wildman–Crippen LogP) is 8.18. The van der Waals surface area contributed by atoms with Crippen molar-refractivity contribution in [2.24, 2.45) is 0 Å². The second kappa shape index (κ2) is 34.2. The summed E-state index contributed by atoms with van der Waals surface area (Å²) in [6.07, 6.45) is 23.9. The van der Waals surface area contributed by atoms with Crippen molar-refractivity contribution in [1.82, 2.24) is 0 Å². The number of hydrogen-bond donors (Lipinski definition) is 3. The van der Waals surface area contributed by atoms with Crippen LogP contribution in [0.15, 0.2) is 0 Å². The van der Waals surface area contributed by atoms with E-state index >= 15 is 0 Å². The van der Waals surface area contributed by atoms with E-state index < -0.39 is 59.8 Å². The first-order chi connectivity index (χ1) is 26.1. The van der Waals surface area contributed by atoms with Crippen molar-refractivity contribution < 1.29 is 56.2 Å². The number of carbonyl (C=O) groups is 1. The molecular weight excluding hydrogens is 717 g/mol. The summed E-state index contributed by atoms with van der Waals surface area (Å²) in [7, 11) is -5.30. The fraction of sp³-hybridized carbons (Fsp3) is 0.976. The number of esters is 1. The number of aliphatic hydroxyl groups excluding tert-OH is 3. The molecule has 0 amide bonds. The summed E-state index contributed by atoms with van der Waals surface area (Å²) in [6, 6.07) is 0. The monoisotopic (exact) mass is 796 g/mol. The van der Waals surface area contributed by atoms with Crippen LogP contribution in [0.3, 0.4) is 0 Å². The largest absolute Gasteiger partial charge is 0.726 e. The minimum Gasteiger partial charge on any atom is -0.726 e. The van der Waals surface area contributed by atoms with Gasteiger partial charge in [-0.1, -0.05) is 174 Å². The Morgan fingerprint density at radius 1 is 0.648 bits per heavy atom. The van der Waals surface area contributed by atoms with Crippen LogP contribution in [0.5, 0.6) is 0 Å². The van der Waals surface area contributed by atoms with Crippen LogP contribution in [0.1, 0.15) is 194 Å². The number of carbonyl (C=O) groups excluding carboxylic acids is 1. The van der Waals surface area contributed by atoms with Gasteiger partial charge in [-0.25, -0.2) is 8.42 Å². The van der Waals surface area contributed by atoms with E-state index in [1.165, 1.54) is 128 Å². The molecule has 1 fully saturated rings. The highest BCUT2D eigenvalue weighted by Crippen LogP contribution is 2.26. The average molecular weight is 796 g/mol. The summed E-state index contributed by atoms with van der Waals surface area (Å²) >= 11 is 0. The summed E-state index contributed by atoms with van der Waals surface area (Å²) in [5.41, 5.74) is 0. The Kier molecular flexibility index (Phi) is 32.3. The number of hydrogen-bond acceptors (Lipinski definition) is 12. The van der Waals surface area contributed by atoms with Gasteiger partial charge in [0.2, 0.25) is 10.4 Å². The Balaban J connectivity index is 2.44. The molecule has 322 valence electrons. The minimum atomic E-state index is -5.30. The summed E-state index contributed by atoms with van der Waals surface area (Å²) < 4.78 is 60.6. The molecule has 0 radical (unpaired) electrons. The summed E-state index contributed by atoms with van der Waals surface area (Å²) in [6.45, 7) is 3.96. The van der Waals surface area contributed by atoms with Crippen molar-refractivity contribution >= 4 is 16.4 Å². The quantitative estimate of drug-likeness (QED) is 0.0236. The van der Waals surface area contributed by atoms with E-state index in [1.54, 1.807) is 0 Å². The lowest BCUT2D eigenvalue weighted by atomic mass is 9.99. The third-order valence-corrected chi connectivity index (χ3v) is 10.7. The van der Waals surface area contributed by atoms with E-state index in [2.05, 4.69) is 18.0 Å². The van der Waals surface area contributed by atoms with Gasteiger partial charge in [-0.05, 0) is 12.8 Å². The van der Waals surface area contributed by atoms with Gasteiger partial charge >= 0.3 is 5.97 Å². The maximum absolute atomic E-state index is 12.8. The van der Waals surface area contributed by atoms with Gasteiger partial charge in [0.1, 0.15) is 30.5 Å². The number of ether oxygens (including phenoxy) is 4. The molecule has 0 aliphatic carbocycles. The number of rotatable bonds is 38. The zero-order valence-corrected chi connectivity index (χ0v) is 34.8. The SMILES string of the molecule is CCCCCCCCCCCCCCCCOC[C@H](CO[C@@H]1O[C@H](CO)[C@H](O)[C@H](OS(=O)(=O)[O-])[C@H]1O)OC(=O)CCCCCCCCCCCCCCC. The lowest BCUT2D eigenvalue weighted by Crippen LogP contribution is -2.60. The molecule has 1 aliphatic heterocycles. The van der Waals surface area contributed by atoms with Gasteiger partial charge in [0.05, 0.1) is 19.8 Å². The molecule has 1 saturated heterocycles. The van der Waals surface area contributed by atoms with E-state index in [0.29, 0.717) is 13.0 Å². The summed E-state index contributed by atoms with van der Waals surface area (Å²) in [5, 5.41) is 30.5. The molecule has 1 rings (SSSR count). The van der Waals surface area contributed by atoms with Crippen LogP contribution < -0.4 is 0 Å². The fourth-order valence-corrected chi connectivity index (χ4v) is 7.40. The van der Waals surface area contributed by atoms with Gasteiger partial charge in [-0.15, -0.1) is 0 Å². The summed E-state index contributed by atoms with van der Waals surface area (Å²) in [4.78, 5) is 12.8. The molecule has 0 unspecified atom stereocenters. The van der Waals surface area contributed by atoms with Crippen molar-refractivity contribution in [3.8, 4) is 0 Å². The molecule has 1 heterocycles. The van der Waals surface area contributed by atoms with Gasteiger partial charge < -0.3 is 38.8 Å². The molecule has 0 saturated carbocycles. The Morgan fingerprint density at radius 3 is 1.50 bits per heavy atom. The van der Waals surface area contributed by atoms with E-state index in [0.717, 1.165) is 38.5 Å². The highest BCUT2D eigenvalue weighted by molar-refractivity contribution is 7.80. The van der Waals surface area contributed by atoms with Gasteiger partial charge in [-0.2, -0.15) is 0 Å². The molecule has 6 atom stereocenters. The molecule has 1 aliphatic rings. The van der Waals surface area contributed by atoms with Crippen LogP contribution in [0.25, 0.3) is 0 Å². The third kappa shape index (κ3) is 27.7. The zero-order valence-electron chi connectivity index (χ0n) is 34.0. The van der Waals surface area contributed by atoms with E-state index in [4.69, 9.17) is 18.9 Å². The first kappa shape index (κ1) is 51.1. The number of unbranched alkanes of at least 4 members (excludes halogenated alkanes) is 25. The molecule has 13 heteroatoms. The Hall–Kier alpha value is -0.900. The highest BCUT2D eigenvalue weighted by atomic mass is 32.3. The summed E-state index contributed by atoms with van der Waals surface area (Å²) in [5.74, 6) is -0.404. The van der Waals surface area contributed by atoms with Crippen molar-refractivity contribution in [1.29, 1.82) is 0 Å². The van der Waals surface area contributed by atoms with E-state index in [9.17, 15) is 33.1 Å². The lowest BCUT2D eigenvalue weighted by Gasteiger charge is -2.41. The predicted molar refractivity (Wildman–Crippen MR) is 210 cm³/mol. The second-order valence-electron chi connectivity index (χ2n) is 15.3. The topological polar surface area (TPSA) is 181 Å². The fourth-order valence-electron chi connectivity index (χ4n) is 6.90. The molecule has 0 aromatic heterocycles. The minimum absolute atomic E-state index is 0.0343. The Bertz CT molecular complexity index is 968. The Morgan fingerprint density at radius 2 is 1.07 bits per heavy atom. The molecular formula is C41H79O12S-. The first-order valence-corrected chi connectivity index (χ1v) is 23.1. The van der Waals surface area contributed by atoms with Gasteiger partial charge in [0.15, 0.2) is 6.29 Å². The van der Waals surface area contributed by atoms with Crippen molar-refractivity contribution in [2.75, 3.05) is 26.4 Å². The number of aliphatic hydroxyl groups is 3. The lowest BCUT2D eigenvalue weighted by molar-refractivity contribution is -0.301. The van der Waals surface area contributed by atoms with Gasteiger partial charge in [0, 0.05) is 13.0 Å². The second-order valence-corrected chi connectivity index (χ2v) is 16.3. The third-order valence-electron chi connectivity index (χ3n) is 10.2. The maximum Gasteiger partial charge on any atom is 0.306 e. The normalized spacial score (nSPS) is 21.0. The van der Waals surface area contributed by atoms with Crippen LogP contribution in [0.2, 0.25) is 0 Å². The van der Waals surface area contributed by atoms with E-state index in [1.807, 2.05) is 0 Å². The van der Waals surface area contributed by atoms with Crippen LogP contribution in [-0.2, 0) is 38.3 Å². The molecule has 54 heavy (non-hydrogen) atoms. The van der Waals surface area contributed by atoms with Crippen LogP contribution in [0, 0.1) is 0 Å². The molecule has 3 N–H and O–H groups in total. The smallest absolute Gasteiger partial charge is 0.306 e. The van der Waals surface area contributed by atoms with Crippen LogP contribution in [0.4, 0.5) is 0 Å². The molecule has 0 aromatic carbocycles. The first-order valence-electron chi connectivity index (χ1n) is 21.8. The molecule has 0 spiro atoms. The zero-order chi connectivity index (χ0) is 39.7. The molecule has 0 aromatic rings. The Labute approximate surface area is 328 Å². The van der Waals surface area contributed by atoms with Crippen molar-refractivity contribution in [3.05, 3.63) is 0 Å². The van der Waals surface area contributed by atoms with Crippen LogP contribution in [-0.4, -0.2) is 97.5 Å². The molecule has 0 bridgehead atoms. The highest BCUT2D eigenvalue weighted by Gasteiger charge is 2.47. The van der Waals surface area contributed by atoms with Crippen LogP contribution >= 0.6 is 0 Å². The van der Waals surface area contributed by atoms with Gasteiger partial charge in [0.25, 0.3) is 0 Å². The molecule has 12 nitrogen and oxygen atoms in total. The van der Waals surface area contributed by atoms with Gasteiger partial charge in [-0.3, -0.25) is 8.98 Å². The van der Waals surface area contributed by atoms with Crippen molar-refractivity contribution in [2.45, 2.75) is 230 Å². The average Bonchev–Trinajstić information content (AvgIpc) is 3.14. The van der Waals surface area contributed by atoms with E-state index in [-0.39, 0.29) is 19.6 Å². The maximum atomic E-state index is 12.8.